The lowest BCUT2D eigenvalue weighted by Gasteiger charge is -2.09. The molecule has 2 aromatic rings. The van der Waals surface area contributed by atoms with E-state index >= 15 is 0 Å². The summed E-state index contributed by atoms with van der Waals surface area (Å²) >= 11 is 0. The number of hydrogen-bond acceptors (Lipinski definition) is 4. The zero-order chi connectivity index (χ0) is 20.9. The number of sulfonamides is 1. The molecule has 152 valence electrons. The van der Waals surface area contributed by atoms with Crippen molar-refractivity contribution in [2.24, 2.45) is 5.92 Å². The standard InChI is InChI=1S/C21H23N3O4S/c1-2-13-22-29(27,28)14-15-3-9-18(10-4-15)23-21(26)17-7-11-19(12-8-17)24-20(25)16-5-6-16/h2-4,7-12,16,22H,1,5-6,13-14H2,(H,23,26)(H,24,25). The number of rotatable bonds is 9. The summed E-state index contributed by atoms with van der Waals surface area (Å²) in [6, 6.07) is 13.3. The average molecular weight is 413 g/mol. The lowest BCUT2D eigenvalue weighted by Crippen LogP contribution is -2.25. The van der Waals surface area contributed by atoms with E-state index in [9.17, 15) is 18.0 Å². The minimum atomic E-state index is -3.43. The average Bonchev–Trinajstić information content (AvgIpc) is 3.54. The smallest absolute Gasteiger partial charge is 0.255 e. The van der Waals surface area contributed by atoms with Crippen LogP contribution in [-0.4, -0.2) is 26.8 Å². The van der Waals surface area contributed by atoms with Crippen molar-refractivity contribution in [3.05, 3.63) is 72.3 Å². The molecule has 0 spiro atoms. The molecule has 1 aliphatic carbocycles. The highest BCUT2D eigenvalue weighted by Gasteiger charge is 2.29. The first-order valence-corrected chi connectivity index (χ1v) is 10.9. The maximum Gasteiger partial charge on any atom is 0.255 e. The fourth-order valence-electron chi connectivity index (χ4n) is 2.64. The van der Waals surface area contributed by atoms with Gasteiger partial charge in [-0.15, -0.1) is 6.58 Å². The van der Waals surface area contributed by atoms with Gasteiger partial charge in [-0.3, -0.25) is 9.59 Å². The Morgan fingerprint density at radius 1 is 0.966 bits per heavy atom. The summed E-state index contributed by atoms with van der Waals surface area (Å²) in [5, 5.41) is 5.59. The van der Waals surface area contributed by atoms with Gasteiger partial charge in [-0.2, -0.15) is 0 Å². The number of nitrogens with one attached hydrogen (secondary N) is 3. The first-order valence-electron chi connectivity index (χ1n) is 9.26. The highest BCUT2D eigenvalue weighted by Crippen LogP contribution is 2.30. The largest absolute Gasteiger partial charge is 0.326 e. The summed E-state index contributed by atoms with van der Waals surface area (Å²) < 4.78 is 26.2. The van der Waals surface area contributed by atoms with Crippen LogP contribution in [0.25, 0.3) is 0 Å². The Bertz CT molecular complexity index is 995. The van der Waals surface area contributed by atoms with Crippen LogP contribution >= 0.6 is 0 Å². The van der Waals surface area contributed by atoms with Crippen LogP contribution < -0.4 is 15.4 Å². The maximum atomic E-state index is 12.4. The number of anilines is 2. The second-order valence-corrected chi connectivity index (χ2v) is 8.69. The first kappa shape index (κ1) is 20.8. The monoisotopic (exact) mass is 413 g/mol. The third-order valence-electron chi connectivity index (χ3n) is 4.38. The molecule has 0 bridgehead atoms. The molecule has 0 aromatic heterocycles. The highest BCUT2D eigenvalue weighted by molar-refractivity contribution is 7.88. The SMILES string of the molecule is C=CCNS(=O)(=O)Cc1ccc(NC(=O)c2ccc(NC(=O)C3CC3)cc2)cc1. The van der Waals surface area contributed by atoms with Crippen molar-refractivity contribution < 1.29 is 18.0 Å². The molecule has 0 saturated heterocycles. The van der Waals surface area contributed by atoms with Gasteiger partial charge in [-0.05, 0) is 54.8 Å². The summed E-state index contributed by atoms with van der Waals surface area (Å²) in [6.07, 6.45) is 3.34. The number of carbonyl (C=O) groups excluding carboxylic acids is 2. The molecule has 1 fully saturated rings. The van der Waals surface area contributed by atoms with Gasteiger partial charge >= 0.3 is 0 Å². The van der Waals surface area contributed by atoms with Crippen molar-refractivity contribution in [1.82, 2.24) is 4.72 Å². The molecule has 3 rings (SSSR count). The topological polar surface area (TPSA) is 104 Å². The molecule has 8 heteroatoms. The molecule has 1 aliphatic rings. The predicted molar refractivity (Wildman–Crippen MR) is 113 cm³/mol. The van der Waals surface area contributed by atoms with Gasteiger partial charge in [0.15, 0.2) is 0 Å². The third kappa shape index (κ3) is 6.27. The fraction of sp³-hybridized carbons (Fsp3) is 0.238. The van der Waals surface area contributed by atoms with E-state index in [2.05, 4.69) is 21.9 Å². The van der Waals surface area contributed by atoms with Crippen molar-refractivity contribution in [2.45, 2.75) is 18.6 Å². The molecule has 2 aromatic carbocycles. The molecular weight excluding hydrogens is 390 g/mol. The molecule has 0 aliphatic heterocycles. The minimum Gasteiger partial charge on any atom is -0.326 e. The number of carbonyl (C=O) groups is 2. The highest BCUT2D eigenvalue weighted by atomic mass is 32.2. The molecular formula is C21H23N3O4S. The van der Waals surface area contributed by atoms with E-state index < -0.39 is 10.0 Å². The van der Waals surface area contributed by atoms with Crippen molar-refractivity contribution >= 4 is 33.2 Å². The van der Waals surface area contributed by atoms with Crippen LogP contribution in [0.2, 0.25) is 0 Å². The fourth-order valence-corrected chi connectivity index (χ4v) is 3.74. The Morgan fingerprint density at radius 2 is 1.55 bits per heavy atom. The van der Waals surface area contributed by atoms with Crippen LogP contribution in [0, 0.1) is 5.92 Å². The van der Waals surface area contributed by atoms with E-state index in [-0.39, 0.29) is 30.0 Å². The van der Waals surface area contributed by atoms with E-state index in [4.69, 9.17) is 0 Å². The molecule has 3 N–H and O–H groups in total. The van der Waals surface area contributed by atoms with Gasteiger partial charge in [0.2, 0.25) is 15.9 Å². The molecule has 0 unspecified atom stereocenters. The van der Waals surface area contributed by atoms with Crippen LogP contribution in [0.3, 0.4) is 0 Å². The van der Waals surface area contributed by atoms with Crippen LogP contribution in [0.1, 0.15) is 28.8 Å². The number of amides is 2. The number of hydrogen-bond donors (Lipinski definition) is 3. The lowest BCUT2D eigenvalue weighted by molar-refractivity contribution is -0.117. The Morgan fingerprint density at radius 3 is 2.14 bits per heavy atom. The van der Waals surface area contributed by atoms with E-state index in [1.54, 1.807) is 48.5 Å². The van der Waals surface area contributed by atoms with Gasteiger partial charge in [0.1, 0.15) is 0 Å². The Hall–Kier alpha value is -2.97. The van der Waals surface area contributed by atoms with Crippen molar-refractivity contribution in [3.63, 3.8) is 0 Å². The van der Waals surface area contributed by atoms with E-state index in [1.165, 1.54) is 6.08 Å². The van der Waals surface area contributed by atoms with Gasteiger partial charge in [-0.25, -0.2) is 13.1 Å². The second kappa shape index (κ2) is 9.02. The lowest BCUT2D eigenvalue weighted by atomic mass is 10.1. The summed E-state index contributed by atoms with van der Waals surface area (Å²) in [7, 11) is -3.43. The molecule has 0 radical (unpaired) electrons. The molecule has 0 heterocycles. The van der Waals surface area contributed by atoms with Crippen LogP contribution in [0.5, 0.6) is 0 Å². The van der Waals surface area contributed by atoms with Gasteiger partial charge in [0, 0.05) is 29.4 Å². The van der Waals surface area contributed by atoms with E-state index in [1.807, 2.05) is 0 Å². The van der Waals surface area contributed by atoms with Crippen molar-refractivity contribution in [3.8, 4) is 0 Å². The Kier molecular flexibility index (Phi) is 6.46. The van der Waals surface area contributed by atoms with E-state index in [0.717, 1.165) is 12.8 Å². The molecule has 0 atom stereocenters. The molecule has 1 saturated carbocycles. The summed E-state index contributed by atoms with van der Waals surface area (Å²) in [6.45, 7) is 3.66. The van der Waals surface area contributed by atoms with Crippen LogP contribution in [0.15, 0.2) is 61.2 Å². The minimum absolute atomic E-state index is 0.0176. The number of benzene rings is 2. The molecule has 29 heavy (non-hydrogen) atoms. The Balaban J connectivity index is 1.56. The Labute approximate surface area is 170 Å². The second-order valence-electron chi connectivity index (χ2n) is 6.89. The maximum absolute atomic E-state index is 12.4. The van der Waals surface area contributed by atoms with Gasteiger partial charge in [0.05, 0.1) is 5.75 Å². The van der Waals surface area contributed by atoms with Crippen molar-refractivity contribution in [2.75, 3.05) is 17.2 Å². The predicted octanol–water partition coefficient (Wildman–Crippen LogP) is 2.89. The zero-order valence-electron chi connectivity index (χ0n) is 15.9. The van der Waals surface area contributed by atoms with Gasteiger partial charge < -0.3 is 10.6 Å². The quantitative estimate of drug-likeness (QED) is 0.550. The summed E-state index contributed by atoms with van der Waals surface area (Å²) in [5.74, 6) is -0.306. The summed E-state index contributed by atoms with van der Waals surface area (Å²) in [4.78, 5) is 24.1. The molecule has 2 amide bonds. The molecule has 7 nitrogen and oxygen atoms in total. The van der Waals surface area contributed by atoms with E-state index in [0.29, 0.717) is 22.5 Å². The van der Waals surface area contributed by atoms with Crippen molar-refractivity contribution in [1.29, 1.82) is 0 Å². The van der Waals surface area contributed by atoms with Gasteiger partial charge in [0.25, 0.3) is 5.91 Å². The summed E-state index contributed by atoms with van der Waals surface area (Å²) in [5.41, 5.74) is 2.28. The normalized spacial score (nSPS) is 13.5. The third-order valence-corrected chi connectivity index (χ3v) is 5.70. The zero-order valence-corrected chi connectivity index (χ0v) is 16.7. The first-order chi connectivity index (χ1) is 13.9. The van der Waals surface area contributed by atoms with Gasteiger partial charge in [-0.1, -0.05) is 18.2 Å². The van der Waals surface area contributed by atoms with Crippen LogP contribution in [0.4, 0.5) is 11.4 Å². The van der Waals surface area contributed by atoms with Crippen LogP contribution in [-0.2, 0) is 20.6 Å².